The van der Waals surface area contributed by atoms with Crippen LogP contribution in [0.2, 0.25) is 0 Å². The maximum atomic E-state index is 12.3. The fourth-order valence-electron chi connectivity index (χ4n) is 2.24. The minimum Gasteiger partial charge on any atom is -0.368 e. The number of rotatable bonds is 7. The van der Waals surface area contributed by atoms with E-state index < -0.39 is 27.7 Å². The maximum absolute atomic E-state index is 12.3. The van der Waals surface area contributed by atoms with Crippen LogP contribution < -0.4 is 11.1 Å². The van der Waals surface area contributed by atoms with Crippen molar-refractivity contribution in [3.8, 4) is 6.07 Å². The third-order valence-electron chi connectivity index (χ3n) is 3.70. The van der Waals surface area contributed by atoms with Crippen molar-refractivity contribution in [3.63, 3.8) is 0 Å². The molecule has 3 N–H and O–H groups in total. The molecule has 7 nitrogen and oxygen atoms in total. The number of primary amides is 1. The highest BCUT2D eigenvalue weighted by atomic mass is 32.2. The van der Waals surface area contributed by atoms with Crippen LogP contribution in [0.1, 0.15) is 22.3 Å². The average molecular weight is 371 g/mol. The van der Waals surface area contributed by atoms with E-state index in [-0.39, 0.29) is 22.6 Å². The highest BCUT2D eigenvalue weighted by molar-refractivity contribution is 7.91. The molecule has 0 unspecified atom stereocenters. The molecule has 0 aliphatic carbocycles. The zero-order chi connectivity index (χ0) is 19.2. The molecule has 2 rings (SSSR count). The zero-order valence-corrected chi connectivity index (χ0v) is 14.6. The fraction of sp³-hybridized carbons (Fsp3) is 0.167. The van der Waals surface area contributed by atoms with Gasteiger partial charge in [-0.05, 0) is 42.8 Å². The van der Waals surface area contributed by atoms with Crippen molar-refractivity contribution >= 4 is 21.7 Å². The van der Waals surface area contributed by atoms with E-state index in [2.05, 4.69) is 5.32 Å². The molecule has 0 radical (unpaired) electrons. The van der Waals surface area contributed by atoms with E-state index in [0.717, 1.165) is 0 Å². The number of carbonyl (C=O) groups excluding carboxylic acids is 2. The fourth-order valence-corrected chi connectivity index (χ4v) is 3.60. The average Bonchev–Trinajstić information content (AvgIpc) is 2.65. The number of nitrogens with two attached hydrogens (primary N) is 1. The molecular formula is C18H17N3O4S. The zero-order valence-electron chi connectivity index (χ0n) is 13.8. The molecule has 2 aromatic carbocycles. The number of benzene rings is 2. The number of nitrogens with zero attached hydrogens (tertiary/aromatic N) is 1. The third-order valence-corrected chi connectivity index (χ3v) is 5.47. The Bertz CT molecular complexity index is 933. The van der Waals surface area contributed by atoms with Crippen molar-refractivity contribution in [2.45, 2.75) is 17.4 Å². The molecule has 1 atom stereocenters. The van der Waals surface area contributed by atoms with Crippen LogP contribution in [0.3, 0.4) is 0 Å². The van der Waals surface area contributed by atoms with Crippen LogP contribution in [0.4, 0.5) is 0 Å². The lowest BCUT2D eigenvalue weighted by Gasteiger charge is -2.15. The van der Waals surface area contributed by atoms with Crippen LogP contribution >= 0.6 is 0 Å². The summed E-state index contributed by atoms with van der Waals surface area (Å²) in [7, 11) is -3.59. The minimum atomic E-state index is -3.59. The molecule has 0 bridgehead atoms. The lowest BCUT2D eigenvalue weighted by Crippen LogP contribution is -2.45. The topological polar surface area (TPSA) is 130 Å². The van der Waals surface area contributed by atoms with Gasteiger partial charge in [0.15, 0.2) is 9.84 Å². The number of hydrogen-bond donors (Lipinski definition) is 2. The van der Waals surface area contributed by atoms with Crippen LogP contribution in [-0.4, -0.2) is 32.0 Å². The summed E-state index contributed by atoms with van der Waals surface area (Å²) in [5, 5.41) is 11.2. The maximum Gasteiger partial charge on any atom is 0.251 e. The standard InChI is InChI=1S/C18H17N3O4S/c19-12-13-6-8-14(9-7-13)18(23)21-16(17(20)22)10-11-26(24,25)15-4-2-1-3-5-15/h1-9,16H,10-11H2,(H2,20,22)(H,21,23)/t16-/m0/s1. The number of nitrogens with one attached hydrogen (secondary N) is 1. The first-order valence-electron chi connectivity index (χ1n) is 7.71. The van der Waals surface area contributed by atoms with Crippen molar-refractivity contribution in [1.29, 1.82) is 5.26 Å². The first kappa shape index (κ1) is 19.1. The summed E-state index contributed by atoms with van der Waals surface area (Å²) in [6.45, 7) is 0. The third kappa shape index (κ3) is 4.91. The Labute approximate surface area is 151 Å². The first-order valence-corrected chi connectivity index (χ1v) is 9.37. The molecule has 0 aliphatic heterocycles. The minimum absolute atomic E-state index is 0.140. The lowest BCUT2D eigenvalue weighted by atomic mass is 10.1. The monoisotopic (exact) mass is 371 g/mol. The molecular weight excluding hydrogens is 354 g/mol. The summed E-state index contributed by atoms with van der Waals surface area (Å²) in [5.41, 5.74) is 5.91. The molecule has 0 aliphatic rings. The van der Waals surface area contributed by atoms with Crippen molar-refractivity contribution < 1.29 is 18.0 Å². The summed E-state index contributed by atoms with van der Waals surface area (Å²) < 4.78 is 24.6. The molecule has 0 saturated heterocycles. The first-order chi connectivity index (χ1) is 12.3. The van der Waals surface area contributed by atoms with E-state index in [9.17, 15) is 18.0 Å². The molecule has 0 aromatic heterocycles. The molecule has 0 saturated carbocycles. The van der Waals surface area contributed by atoms with Crippen molar-refractivity contribution in [2.75, 3.05) is 5.75 Å². The van der Waals surface area contributed by atoms with Crippen molar-refractivity contribution in [1.82, 2.24) is 5.32 Å². The Morgan fingerprint density at radius 1 is 1.08 bits per heavy atom. The van der Waals surface area contributed by atoms with Gasteiger partial charge in [0.05, 0.1) is 22.3 Å². The van der Waals surface area contributed by atoms with Crippen LogP contribution in [0.25, 0.3) is 0 Å². The molecule has 2 amide bonds. The largest absolute Gasteiger partial charge is 0.368 e. The molecule has 8 heteroatoms. The van der Waals surface area contributed by atoms with Gasteiger partial charge in [-0.3, -0.25) is 9.59 Å². The van der Waals surface area contributed by atoms with Gasteiger partial charge in [0.1, 0.15) is 6.04 Å². The number of nitriles is 1. The van der Waals surface area contributed by atoms with Gasteiger partial charge in [0.25, 0.3) is 5.91 Å². The Kier molecular flexibility index (Phi) is 6.09. The Morgan fingerprint density at radius 2 is 1.69 bits per heavy atom. The van der Waals surface area contributed by atoms with Gasteiger partial charge in [-0.25, -0.2) is 8.42 Å². The van der Waals surface area contributed by atoms with E-state index in [1.807, 2.05) is 6.07 Å². The van der Waals surface area contributed by atoms with Crippen molar-refractivity contribution in [2.24, 2.45) is 5.73 Å². The Balaban J connectivity index is 2.06. The van der Waals surface area contributed by atoms with Gasteiger partial charge in [0, 0.05) is 5.56 Å². The highest BCUT2D eigenvalue weighted by Crippen LogP contribution is 2.12. The van der Waals surface area contributed by atoms with Crippen LogP contribution in [0.15, 0.2) is 59.5 Å². The predicted molar refractivity (Wildman–Crippen MR) is 94.7 cm³/mol. The summed E-state index contributed by atoms with van der Waals surface area (Å²) in [6.07, 6.45) is -0.144. The van der Waals surface area contributed by atoms with Gasteiger partial charge in [-0.2, -0.15) is 5.26 Å². The van der Waals surface area contributed by atoms with E-state index in [1.165, 1.54) is 36.4 Å². The summed E-state index contributed by atoms with van der Waals surface area (Å²) in [6, 6.07) is 14.4. The van der Waals surface area contributed by atoms with Crippen LogP contribution in [0, 0.1) is 11.3 Å². The quantitative estimate of drug-likeness (QED) is 0.750. The van der Waals surface area contributed by atoms with Gasteiger partial charge < -0.3 is 11.1 Å². The number of carbonyl (C=O) groups is 2. The molecule has 134 valence electrons. The van der Waals surface area contributed by atoms with Gasteiger partial charge in [-0.1, -0.05) is 18.2 Å². The number of hydrogen-bond acceptors (Lipinski definition) is 5. The van der Waals surface area contributed by atoms with Gasteiger partial charge >= 0.3 is 0 Å². The second kappa shape index (κ2) is 8.27. The summed E-state index contributed by atoms with van der Waals surface area (Å²) in [5.74, 6) is -1.73. The second-order valence-corrected chi connectivity index (χ2v) is 7.65. The molecule has 26 heavy (non-hydrogen) atoms. The molecule has 0 heterocycles. The van der Waals surface area contributed by atoms with Gasteiger partial charge in [-0.15, -0.1) is 0 Å². The van der Waals surface area contributed by atoms with Crippen molar-refractivity contribution in [3.05, 3.63) is 65.7 Å². The lowest BCUT2D eigenvalue weighted by molar-refractivity contribution is -0.119. The highest BCUT2D eigenvalue weighted by Gasteiger charge is 2.23. The molecule has 0 spiro atoms. The van der Waals surface area contributed by atoms with Crippen LogP contribution in [0.5, 0.6) is 0 Å². The summed E-state index contributed by atoms with van der Waals surface area (Å²) >= 11 is 0. The van der Waals surface area contributed by atoms with E-state index in [4.69, 9.17) is 11.0 Å². The summed E-state index contributed by atoms with van der Waals surface area (Å²) in [4.78, 5) is 23.9. The van der Waals surface area contributed by atoms with Crippen LogP contribution in [-0.2, 0) is 14.6 Å². The smallest absolute Gasteiger partial charge is 0.251 e. The molecule has 2 aromatic rings. The van der Waals surface area contributed by atoms with E-state index >= 15 is 0 Å². The Morgan fingerprint density at radius 3 is 2.23 bits per heavy atom. The predicted octanol–water partition coefficient (Wildman–Crippen LogP) is 1.01. The SMILES string of the molecule is N#Cc1ccc(C(=O)N[C@@H](CCS(=O)(=O)c2ccccc2)C(N)=O)cc1. The molecule has 0 fully saturated rings. The van der Waals surface area contributed by atoms with E-state index in [1.54, 1.807) is 18.2 Å². The van der Waals surface area contributed by atoms with Gasteiger partial charge in [0.2, 0.25) is 5.91 Å². The second-order valence-electron chi connectivity index (χ2n) is 5.54. The Hall–Kier alpha value is -3.18. The normalized spacial score (nSPS) is 12.0. The number of amides is 2. The number of sulfone groups is 1. The van der Waals surface area contributed by atoms with E-state index in [0.29, 0.717) is 5.56 Å².